The van der Waals surface area contributed by atoms with Crippen molar-refractivity contribution in [3.63, 3.8) is 0 Å². The maximum Gasteiger partial charge on any atom is 0.252 e. The molecule has 0 atom stereocenters. The maximum absolute atomic E-state index is 12.0. The van der Waals surface area contributed by atoms with Gasteiger partial charge in [-0.2, -0.15) is 0 Å². The summed E-state index contributed by atoms with van der Waals surface area (Å²) < 4.78 is 0. The summed E-state index contributed by atoms with van der Waals surface area (Å²) in [6, 6.07) is 14.8. The van der Waals surface area contributed by atoms with Gasteiger partial charge in [0.1, 0.15) is 0 Å². The first-order chi connectivity index (χ1) is 8.66. The summed E-state index contributed by atoms with van der Waals surface area (Å²) in [7, 11) is 0. The summed E-state index contributed by atoms with van der Waals surface area (Å²) in [5.41, 5.74) is 7.76. The van der Waals surface area contributed by atoms with E-state index in [0.29, 0.717) is 22.7 Å². The highest BCUT2D eigenvalue weighted by atomic mass is 32.1. The van der Waals surface area contributed by atoms with E-state index in [4.69, 9.17) is 5.73 Å². The lowest BCUT2D eigenvalue weighted by atomic mass is 10.1. The molecule has 2 aromatic carbocycles. The molecule has 0 aliphatic carbocycles. The van der Waals surface area contributed by atoms with Crippen LogP contribution in [-0.4, -0.2) is 5.91 Å². The zero-order chi connectivity index (χ0) is 13.0. The molecule has 3 nitrogen and oxygen atoms in total. The van der Waals surface area contributed by atoms with Gasteiger partial charge >= 0.3 is 0 Å². The summed E-state index contributed by atoms with van der Waals surface area (Å²) in [4.78, 5) is 12.6. The first-order valence-electron chi connectivity index (χ1n) is 5.57. The quantitative estimate of drug-likeness (QED) is 0.585. The third-order valence-electron chi connectivity index (χ3n) is 2.56. The van der Waals surface area contributed by atoms with Gasteiger partial charge in [-0.15, -0.1) is 12.6 Å². The molecule has 3 N–H and O–H groups in total. The van der Waals surface area contributed by atoms with E-state index in [-0.39, 0.29) is 5.91 Å². The fourth-order valence-electron chi connectivity index (χ4n) is 1.61. The zero-order valence-corrected chi connectivity index (χ0v) is 10.7. The van der Waals surface area contributed by atoms with Crippen molar-refractivity contribution >= 4 is 24.2 Å². The van der Waals surface area contributed by atoms with E-state index in [2.05, 4.69) is 17.9 Å². The molecular formula is C14H14N2OS. The number of hydrogen-bond donors (Lipinski definition) is 3. The summed E-state index contributed by atoms with van der Waals surface area (Å²) in [5.74, 6) is -0.170. The van der Waals surface area contributed by atoms with Gasteiger partial charge in [-0.05, 0) is 23.8 Å². The lowest BCUT2D eigenvalue weighted by Gasteiger charge is -2.08. The van der Waals surface area contributed by atoms with Gasteiger partial charge in [0.25, 0.3) is 5.91 Å². The number of rotatable bonds is 3. The Morgan fingerprint density at radius 2 is 1.89 bits per heavy atom. The van der Waals surface area contributed by atoms with E-state index in [1.165, 1.54) is 0 Å². The fourth-order valence-corrected chi connectivity index (χ4v) is 1.85. The third-order valence-corrected chi connectivity index (χ3v) is 2.95. The van der Waals surface area contributed by atoms with Gasteiger partial charge in [0.2, 0.25) is 0 Å². The number of carbonyl (C=O) groups excluding carboxylic acids is 1. The molecule has 0 aliphatic rings. The molecule has 92 valence electrons. The number of anilines is 1. The fraction of sp³-hybridized carbons (Fsp3) is 0.0714. The molecule has 2 aromatic rings. The lowest BCUT2D eigenvalue weighted by molar-refractivity contribution is 0.0948. The molecule has 18 heavy (non-hydrogen) atoms. The predicted octanol–water partition coefficient (Wildman–Crippen LogP) is 2.49. The van der Waals surface area contributed by atoms with Gasteiger partial charge in [0.05, 0.1) is 5.56 Å². The van der Waals surface area contributed by atoms with E-state index in [1.807, 2.05) is 30.3 Å². The molecule has 0 saturated carbocycles. The largest absolute Gasteiger partial charge is 0.399 e. The number of carbonyl (C=O) groups is 1. The van der Waals surface area contributed by atoms with Crippen LogP contribution in [0.3, 0.4) is 0 Å². The molecule has 0 fully saturated rings. The summed E-state index contributed by atoms with van der Waals surface area (Å²) in [6.45, 7) is 0.488. The van der Waals surface area contributed by atoms with Crippen molar-refractivity contribution in [2.45, 2.75) is 11.4 Å². The van der Waals surface area contributed by atoms with E-state index in [9.17, 15) is 4.79 Å². The molecule has 4 heteroatoms. The van der Waals surface area contributed by atoms with Gasteiger partial charge in [-0.1, -0.05) is 30.3 Å². The molecule has 0 heterocycles. The maximum atomic E-state index is 12.0. The van der Waals surface area contributed by atoms with Crippen LogP contribution >= 0.6 is 12.6 Å². The number of nitrogen functional groups attached to an aromatic ring is 1. The van der Waals surface area contributed by atoms with Gasteiger partial charge in [-0.3, -0.25) is 4.79 Å². The molecular weight excluding hydrogens is 244 g/mol. The van der Waals surface area contributed by atoms with Gasteiger partial charge in [0, 0.05) is 17.1 Å². The van der Waals surface area contributed by atoms with Crippen LogP contribution in [0, 0.1) is 0 Å². The second-order valence-electron chi connectivity index (χ2n) is 3.94. The highest BCUT2D eigenvalue weighted by Gasteiger charge is 2.09. The van der Waals surface area contributed by atoms with Crippen molar-refractivity contribution in [3.05, 3.63) is 59.7 Å². The Hall–Kier alpha value is -1.94. The molecule has 0 saturated heterocycles. The van der Waals surface area contributed by atoms with Gasteiger partial charge in [-0.25, -0.2) is 0 Å². The Kier molecular flexibility index (Phi) is 3.89. The third kappa shape index (κ3) is 3.05. The van der Waals surface area contributed by atoms with Crippen LogP contribution in [0.4, 0.5) is 5.69 Å². The minimum Gasteiger partial charge on any atom is -0.399 e. The molecule has 2 rings (SSSR count). The molecule has 0 spiro atoms. The van der Waals surface area contributed by atoms with Crippen LogP contribution < -0.4 is 11.1 Å². The van der Waals surface area contributed by atoms with E-state index in [1.54, 1.807) is 18.2 Å². The van der Waals surface area contributed by atoms with Crippen molar-refractivity contribution in [2.24, 2.45) is 0 Å². The smallest absolute Gasteiger partial charge is 0.252 e. The van der Waals surface area contributed by atoms with Crippen LogP contribution in [0.25, 0.3) is 0 Å². The van der Waals surface area contributed by atoms with Crippen molar-refractivity contribution in [2.75, 3.05) is 5.73 Å². The molecule has 1 amide bonds. The SMILES string of the molecule is Nc1ccc(S)c(C(=O)NCc2ccccc2)c1. The Morgan fingerprint density at radius 3 is 2.61 bits per heavy atom. The van der Waals surface area contributed by atoms with Crippen LogP contribution in [0.15, 0.2) is 53.4 Å². The van der Waals surface area contributed by atoms with Crippen molar-refractivity contribution in [1.82, 2.24) is 5.32 Å². The average molecular weight is 258 g/mol. The first-order valence-corrected chi connectivity index (χ1v) is 6.02. The van der Waals surface area contributed by atoms with Gasteiger partial charge < -0.3 is 11.1 Å². The highest BCUT2D eigenvalue weighted by molar-refractivity contribution is 7.80. The number of thiol groups is 1. The van der Waals surface area contributed by atoms with Gasteiger partial charge in [0.15, 0.2) is 0 Å². The Balaban J connectivity index is 2.06. The summed E-state index contributed by atoms with van der Waals surface area (Å²) >= 11 is 4.25. The Bertz CT molecular complexity index is 555. The van der Waals surface area contributed by atoms with Crippen molar-refractivity contribution in [3.8, 4) is 0 Å². The second-order valence-corrected chi connectivity index (χ2v) is 4.43. The predicted molar refractivity (Wildman–Crippen MR) is 75.7 cm³/mol. The van der Waals surface area contributed by atoms with Crippen LogP contribution in [0.2, 0.25) is 0 Å². The topological polar surface area (TPSA) is 55.1 Å². The Labute approximate surface area is 111 Å². The number of hydrogen-bond acceptors (Lipinski definition) is 3. The highest BCUT2D eigenvalue weighted by Crippen LogP contribution is 2.17. The Morgan fingerprint density at radius 1 is 1.17 bits per heavy atom. The molecule has 0 radical (unpaired) electrons. The van der Waals surface area contributed by atoms with E-state index >= 15 is 0 Å². The lowest BCUT2D eigenvalue weighted by Crippen LogP contribution is -2.23. The summed E-state index contributed by atoms with van der Waals surface area (Å²) in [5, 5.41) is 2.84. The number of nitrogens with one attached hydrogen (secondary N) is 1. The molecule has 0 unspecified atom stereocenters. The first kappa shape index (κ1) is 12.5. The molecule has 0 aromatic heterocycles. The number of nitrogens with two attached hydrogens (primary N) is 1. The number of amides is 1. The van der Waals surface area contributed by atoms with Crippen LogP contribution in [-0.2, 0) is 6.54 Å². The minimum atomic E-state index is -0.170. The zero-order valence-electron chi connectivity index (χ0n) is 9.76. The standard InChI is InChI=1S/C14H14N2OS/c15-11-6-7-13(18)12(8-11)14(17)16-9-10-4-2-1-3-5-10/h1-8,18H,9,15H2,(H,16,17). The van der Waals surface area contributed by atoms with Crippen molar-refractivity contribution in [1.29, 1.82) is 0 Å². The molecule has 0 aliphatic heterocycles. The number of benzene rings is 2. The summed E-state index contributed by atoms with van der Waals surface area (Å²) in [6.07, 6.45) is 0. The minimum absolute atomic E-state index is 0.170. The van der Waals surface area contributed by atoms with E-state index < -0.39 is 0 Å². The van der Waals surface area contributed by atoms with Crippen LogP contribution in [0.5, 0.6) is 0 Å². The second kappa shape index (κ2) is 5.60. The van der Waals surface area contributed by atoms with Crippen molar-refractivity contribution < 1.29 is 4.79 Å². The average Bonchev–Trinajstić information content (AvgIpc) is 2.40. The monoisotopic (exact) mass is 258 g/mol. The van der Waals surface area contributed by atoms with Crippen LogP contribution in [0.1, 0.15) is 15.9 Å². The normalized spacial score (nSPS) is 10.1. The molecule has 0 bridgehead atoms. The van der Waals surface area contributed by atoms with E-state index in [0.717, 1.165) is 5.56 Å².